The Hall–Kier alpha value is -1.85. The van der Waals surface area contributed by atoms with Gasteiger partial charge in [0.25, 0.3) is 0 Å². The monoisotopic (exact) mass is 250 g/mol. The number of hydrogen-bond donors (Lipinski definition) is 1. The summed E-state index contributed by atoms with van der Waals surface area (Å²) in [6.07, 6.45) is 2.37. The Balaban J connectivity index is 2.22. The Morgan fingerprint density at radius 2 is 2.11 bits per heavy atom. The molecule has 0 bridgehead atoms. The van der Waals surface area contributed by atoms with Gasteiger partial charge in [-0.2, -0.15) is 0 Å². The Kier molecular flexibility index (Phi) is 3.64. The quantitative estimate of drug-likeness (QED) is 0.856. The molecule has 0 saturated carbocycles. The SMILES string of the molecule is Cc1nc(N(C)CC(=O)O)cc(N2CCCC2)n1. The van der Waals surface area contributed by atoms with E-state index in [1.165, 1.54) is 12.8 Å². The number of nitrogens with zero attached hydrogens (tertiary/aromatic N) is 4. The molecule has 0 aliphatic carbocycles. The van der Waals surface area contributed by atoms with Gasteiger partial charge in [-0.1, -0.05) is 0 Å². The Morgan fingerprint density at radius 1 is 1.44 bits per heavy atom. The summed E-state index contributed by atoms with van der Waals surface area (Å²) in [6.45, 7) is 3.80. The average molecular weight is 250 g/mol. The summed E-state index contributed by atoms with van der Waals surface area (Å²) in [7, 11) is 1.73. The van der Waals surface area contributed by atoms with Gasteiger partial charge in [-0.3, -0.25) is 4.79 Å². The van der Waals surface area contributed by atoms with Crippen molar-refractivity contribution in [2.24, 2.45) is 0 Å². The lowest BCUT2D eigenvalue weighted by atomic mass is 10.4. The van der Waals surface area contributed by atoms with Crippen LogP contribution in [0.15, 0.2) is 6.07 Å². The lowest BCUT2D eigenvalue weighted by Crippen LogP contribution is -2.27. The molecule has 0 atom stereocenters. The van der Waals surface area contributed by atoms with Crippen molar-refractivity contribution in [3.63, 3.8) is 0 Å². The van der Waals surface area contributed by atoms with Crippen LogP contribution in [0.4, 0.5) is 11.6 Å². The average Bonchev–Trinajstić information content (AvgIpc) is 2.80. The first kappa shape index (κ1) is 12.6. The molecule has 1 aliphatic rings. The second-order valence-corrected chi connectivity index (χ2v) is 4.58. The molecular formula is C12H18N4O2. The molecule has 18 heavy (non-hydrogen) atoms. The predicted octanol–water partition coefficient (Wildman–Crippen LogP) is 0.906. The molecule has 2 rings (SSSR count). The maximum Gasteiger partial charge on any atom is 0.323 e. The molecular weight excluding hydrogens is 232 g/mol. The van der Waals surface area contributed by atoms with Crippen molar-refractivity contribution in [1.82, 2.24) is 9.97 Å². The minimum Gasteiger partial charge on any atom is -0.480 e. The van der Waals surface area contributed by atoms with Gasteiger partial charge in [0.1, 0.15) is 24.0 Å². The summed E-state index contributed by atoms with van der Waals surface area (Å²) in [4.78, 5) is 23.3. The summed E-state index contributed by atoms with van der Waals surface area (Å²) in [5.41, 5.74) is 0. The second-order valence-electron chi connectivity index (χ2n) is 4.58. The van der Waals surface area contributed by atoms with Gasteiger partial charge in [0.15, 0.2) is 0 Å². The first-order chi connectivity index (χ1) is 8.56. The minimum atomic E-state index is -0.864. The van der Waals surface area contributed by atoms with Crippen LogP contribution in [-0.4, -0.2) is 47.7 Å². The zero-order chi connectivity index (χ0) is 13.1. The van der Waals surface area contributed by atoms with Gasteiger partial charge in [-0.15, -0.1) is 0 Å². The lowest BCUT2D eigenvalue weighted by molar-refractivity contribution is -0.135. The summed E-state index contributed by atoms with van der Waals surface area (Å²) in [5, 5.41) is 8.80. The van der Waals surface area contributed by atoms with E-state index in [2.05, 4.69) is 14.9 Å². The second kappa shape index (κ2) is 5.20. The van der Waals surface area contributed by atoms with Gasteiger partial charge >= 0.3 is 5.97 Å². The molecule has 1 fully saturated rings. The number of aromatic nitrogens is 2. The molecule has 1 aliphatic heterocycles. The third kappa shape index (κ3) is 2.88. The van der Waals surface area contributed by atoms with Crippen LogP contribution in [0, 0.1) is 6.92 Å². The van der Waals surface area contributed by atoms with Crippen molar-refractivity contribution in [1.29, 1.82) is 0 Å². The standard InChI is InChI=1S/C12H18N4O2/c1-9-13-10(15(2)8-12(17)18)7-11(14-9)16-5-3-4-6-16/h7H,3-6,8H2,1-2H3,(H,17,18). The smallest absolute Gasteiger partial charge is 0.323 e. The molecule has 0 amide bonds. The highest BCUT2D eigenvalue weighted by molar-refractivity contribution is 5.73. The van der Waals surface area contributed by atoms with E-state index in [4.69, 9.17) is 5.11 Å². The van der Waals surface area contributed by atoms with Crippen molar-refractivity contribution >= 4 is 17.6 Å². The molecule has 1 saturated heterocycles. The highest BCUT2D eigenvalue weighted by Gasteiger charge is 2.16. The molecule has 6 nitrogen and oxygen atoms in total. The van der Waals surface area contributed by atoms with Crippen LogP contribution in [0.3, 0.4) is 0 Å². The summed E-state index contributed by atoms with van der Waals surface area (Å²) < 4.78 is 0. The van der Waals surface area contributed by atoms with Crippen LogP contribution in [0.25, 0.3) is 0 Å². The fourth-order valence-corrected chi connectivity index (χ4v) is 2.12. The van der Waals surface area contributed by atoms with Crippen LogP contribution in [0.2, 0.25) is 0 Å². The minimum absolute atomic E-state index is 0.0596. The van der Waals surface area contributed by atoms with Gasteiger partial charge in [0, 0.05) is 26.2 Å². The number of carboxylic acid groups (broad SMARTS) is 1. The topological polar surface area (TPSA) is 69.6 Å². The Labute approximate surface area is 106 Å². The number of anilines is 2. The Bertz CT molecular complexity index is 444. The van der Waals surface area contributed by atoms with Crippen molar-refractivity contribution < 1.29 is 9.90 Å². The Morgan fingerprint density at radius 3 is 2.72 bits per heavy atom. The van der Waals surface area contributed by atoms with Crippen LogP contribution in [0.5, 0.6) is 0 Å². The van der Waals surface area contributed by atoms with Crippen molar-refractivity contribution in [3.05, 3.63) is 11.9 Å². The zero-order valence-electron chi connectivity index (χ0n) is 10.8. The van der Waals surface area contributed by atoms with E-state index in [0.29, 0.717) is 11.6 Å². The van der Waals surface area contributed by atoms with Gasteiger partial charge in [0.05, 0.1) is 0 Å². The van der Waals surface area contributed by atoms with Crippen LogP contribution in [0.1, 0.15) is 18.7 Å². The summed E-state index contributed by atoms with van der Waals surface area (Å²) in [5.74, 6) is 1.36. The number of aliphatic carboxylic acids is 1. The fourth-order valence-electron chi connectivity index (χ4n) is 2.12. The highest BCUT2D eigenvalue weighted by atomic mass is 16.4. The largest absolute Gasteiger partial charge is 0.480 e. The van der Waals surface area contributed by atoms with Crippen LogP contribution >= 0.6 is 0 Å². The molecule has 98 valence electrons. The third-order valence-corrected chi connectivity index (χ3v) is 3.00. The van der Waals surface area contributed by atoms with Crippen molar-refractivity contribution in [2.75, 3.05) is 36.5 Å². The summed E-state index contributed by atoms with van der Waals surface area (Å²) >= 11 is 0. The van der Waals surface area contributed by atoms with Crippen LogP contribution in [-0.2, 0) is 4.79 Å². The molecule has 2 heterocycles. The van der Waals surface area contributed by atoms with Gasteiger partial charge in [-0.25, -0.2) is 9.97 Å². The van der Waals surface area contributed by atoms with Crippen molar-refractivity contribution in [3.8, 4) is 0 Å². The van der Waals surface area contributed by atoms with Gasteiger partial charge in [-0.05, 0) is 19.8 Å². The van der Waals surface area contributed by atoms with E-state index < -0.39 is 5.97 Å². The zero-order valence-corrected chi connectivity index (χ0v) is 10.8. The predicted molar refractivity (Wildman–Crippen MR) is 69.1 cm³/mol. The van der Waals surface area contributed by atoms with Gasteiger partial charge < -0.3 is 14.9 Å². The number of hydrogen-bond acceptors (Lipinski definition) is 5. The number of aryl methyl sites for hydroxylation is 1. The molecule has 0 spiro atoms. The summed E-state index contributed by atoms with van der Waals surface area (Å²) in [6, 6.07) is 1.86. The van der Waals surface area contributed by atoms with E-state index in [9.17, 15) is 4.79 Å². The molecule has 6 heteroatoms. The third-order valence-electron chi connectivity index (χ3n) is 3.00. The van der Waals surface area contributed by atoms with E-state index in [1.54, 1.807) is 11.9 Å². The highest BCUT2D eigenvalue weighted by Crippen LogP contribution is 2.21. The van der Waals surface area contributed by atoms with Crippen LogP contribution < -0.4 is 9.80 Å². The number of rotatable bonds is 4. The molecule has 0 aromatic carbocycles. The molecule has 1 aromatic heterocycles. The molecule has 0 radical (unpaired) electrons. The van der Waals surface area contributed by atoms with E-state index in [0.717, 1.165) is 18.9 Å². The first-order valence-electron chi connectivity index (χ1n) is 6.10. The van der Waals surface area contributed by atoms with E-state index >= 15 is 0 Å². The van der Waals surface area contributed by atoms with E-state index in [1.807, 2.05) is 13.0 Å². The number of carboxylic acids is 1. The number of likely N-dealkylation sites (N-methyl/N-ethyl adjacent to an activating group) is 1. The van der Waals surface area contributed by atoms with Crippen molar-refractivity contribution in [2.45, 2.75) is 19.8 Å². The maximum atomic E-state index is 10.7. The normalized spacial score (nSPS) is 14.9. The molecule has 1 N–H and O–H groups in total. The van der Waals surface area contributed by atoms with E-state index in [-0.39, 0.29) is 6.54 Å². The fraction of sp³-hybridized carbons (Fsp3) is 0.583. The van der Waals surface area contributed by atoms with Gasteiger partial charge in [0.2, 0.25) is 0 Å². The molecule has 0 unspecified atom stereocenters. The lowest BCUT2D eigenvalue weighted by Gasteiger charge is -2.21. The number of carbonyl (C=O) groups is 1. The molecule has 1 aromatic rings. The maximum absolute atomic E-state index is 10.7. The first-order valence-corrected chi connectivity index (χ1v) is 6.10.